The van der Waals surface area contributed by atoms with E-state index in [-0.39, 0.29) is 0 Å². The third-order valence-electron chi connectivity index (χ3n) is 5.59. The molecule has 146 valence electrons. The van der Waals surface area contributed by atoms with Gasteiger partial charge in [0.05, 0.1) is 13.0 Å². The van der Waals surface area contributed by atoms with Gasteiger partial charge in [0.2, 0.25) is 5.78 Å². The number of carbonyl (C=O) groups is 2. The average Bonchev–Trinajstić information content (AvgIpc) is 2.88. The minimum atomic E-state index is -2.07. The van der Waals surface area contributed by atoms with Crippen LogP contribution in [0.15, 0.2) is 54.6 Å². The van der Waals surface area contributed by atoms with Crippen LogP contribution in [0.2, 0.25) is 19.6 Å². The molecular weight excluding hydrogens is 372 g/mol. The molecule has 0 radical (unpaired) electrons. The topological polar surface area (TPSA) is 61.8 Å². The van der Waals surface area contributed by atoms with Crippen molar-refractivity contribution < 1.29 is 23.5 Å². The first-order valence-electron chi connectivity index (χ1n) is 9.41. The lowest BCUT2D eigenvalue weighted by Crippen LogP contribution is -2.67. The largest absolute Gasteiger partial charge is 0.497 e. The molecule has 2 aromatic carbocycles. The Bertz CT molecular complexity index is 918. The van der Waals surface area contributed by atoms with Gasteiger partial charge in [-0.25, -0.2) is 4.79 Å². The predicted molar refractivity (Wildman–Crippen MR) is 106 cm³/mol. The molecule has 2 aromatic rings. The summed E-state index contributed by atoms with van der Waals surface area (Å²) in [6.07, 6.45) is 0.428. The highest BCUT2D eigenvalue weighted by atomic mass is 28.4. The van der Waals surface area contributed by atoms with E-state index in [9.17, 15) is 9.59 Å². The number of ketones is 1. The van der Waals surface area contributed by atoms with Crippen molar-refractivity contribution in [2.75, 3.05) is 7.11 Å². The number of benzene rings is 2. The summed E-state index contributed by atoms with van der Waals surface area (Å²) < 4.78 is 17.9. The maximum atomic E-state index is 12.6. The van der Waals surface area contributed by atoms with E-state index in [2.05, 4.69) is 19.6 Å². The van der Waals surface area contributed by atoms with E-state index in [1.54, 1.807) is 7.11 Å². The Morgan fingerprint density at radius 3 is 2.14 bits per heavy atom. The summed E-state index contributed by atoms with van der Waals surface area (Å²) in [6, 6.07) is 17.2. The van der Waals surface area contributed by atoms with Crippen molar-refractivity contribution in [2.45, 2.75) is 37.3 Å². The fourth-order valence-corrected chi connectivity index (χ4v) is 5.97. The van der Waals surface area contributed by atoms with E-state index < -0.39 is 37.2 Å². The third kappa shape index (κ3) is 2.55. The number of hydrogen-bond acceptors (Lipinski definition) is 5. The van der Waals surface area contributed by atoms with Crippen molar-refractivity contribution in [2.24, 2.45) is 5.92 Å². The first-order chi connectivity index (χ1) is 13.2. The van der Waals surface area contributed by atoms with Crippen molar-refractivity contribution in [1.29, 1.82) is 0 Å². The van der Waals surface area contributed by atoms with Crippen LogP contribution in [0.25, 0.3) is 0 Å². The van der Waals surface area contributed by atoms with E-state index in [4.69, 9.17) is 13.9 Å². The Balaban J connectivity index is 1.94. The molecule has 5 nitrogen and oxygen atoms in total. The monoisotopic (exact) mass is 396 g/mol. The molecule has 2 fully saturated rings. The van der Waals surface area contributed by atoms with Crippen LogP contribution in [0.1, 0.15) is 17.5 Å². The summed E-state index contributed by atoms with van der Waals surface area (Å²) >= 11 is 0. The number of carbonyl (C=O) groups excluding carboxylic acids is 2. The van der Waals surface area contributed by atoms with Crippen LogP contribution >= 0.6 is 0 Å². The lowest BCUT2D eigenvalue weighted by Gasteiger charge is -2.60. The Morgan fingerprint density at radius 2 is 1.61 bits per heavy atom. The quantitative estimate of drug-likeness (QED) is 0.437. The molecule has 4 rings (SSSR count). The number of esters is 1. The van der Waals surface area contributed by atoms with Crippen molar-refractivity contribution >= 4 is 20.1 Å². The van der Waals surface area contributed by atoms with E-state index in [0.29, 0.717) is 12.2 Å². The second-order valence-electron chi connectivity index (χ2n) is 8.38. The molecule has 2 aliphatic rings. The van der Waals surface area contributed by atoms with E-state index in [1.165, 1.54) is 0 Å². The van der Waals surface area contributed by atoms with Crippen molar-refractivity contribution in [1.82, 2.24) is 0 Å². The van der Waals surface area contributed by atoms with E-state index in [1.807, 2.05) is 54.6 Å². The number of Topliss-reactive ketones (excluding diaryl/α,β-unsaturated/α-hetero) is 1. The second-order valence-corrected chi connectivity index (χ2v) is 12.8. The number of rotatable bonds is 5. The summed E-state index contributed by atoms with van der Waals surface area (Å²) in [7, 11) is -0.476. The molecule has 6 heteroatoms. The standard InChI is InChI=1S/C22H24O5Si/c1-25-17-12-10-16(11-13-17)22-18(19(23)20(24)26-22)14-21(22,27-28(2,3)4)15-8-6-5-7-9-15/h5-13,18H,14H2,1-4H3/t18-,21+,22+/m1/s1. The molecule has 28 heavy (non-hydrogen) atoms. The summed E-state index contributed by atoms with van der Waals surface area (Å²) in [4.78, 5) is 25.0. The molecule has 0 spiro atoms. The molecule has 3 atom stereocenters. The zero-order chi connectivity index (χ0) is 20.2. The molecule has 0 aromatic heterocycles. The minimum absolute atomic E-state index is 0.428. The van der Waals surface area contributed by atoms with Crippen molar-refractivity contribution in [3.8, 4) is 5.75 Å². The maximum Gasteiger partial charge on any atom is 0.376 e. The van der Waals surface area contributed by atoms with Gasteiger partial charge in [0.15, 0.2) is 13.9 Å². The first kappa shape index (κ1) is 18.9. The molecule has 0 unspecified atom stereocenters. The Labute approximate surface area is 165 Å². The SMILES string of the molecule is COc1ccc([C@]23OC(=O)C(=O)[C@H]2C[C@]3(O[Si](C)(C)C)c2ccccc2)cc1. The van der Waals surface area contributed by atoms with Gasteiger partial charge in [-0.1, -0.05) is 42.5 Å². The Hall–Kier alpha value is -2.44. The zero-order valence-corrected chi connectivity index (χ0v) is 17.5. The summed E-state index contributed by atoms with van der Waals surface area (Å²) in [5.74, 6) is -1.10. The van der Waals surface area contributed by atoms with Crippen LogP contribution in [-0.2, 0) is 30.0 Å². The van der Waals surface area contributed by atoms with Gasteiger partial charge in [0, 0.05) is 0 Å². The van der Waals surface area contributed by atoms with Crippen LogP contribution in [0.4, 0.5) is 0 Å². The molecule has 1 saturated heterocycles. The molecule has 1 saturated carbocycles. The smallest absolute Gasteiger partial charge is 0.376 e. The summed E-state index contributed by atoms with van der Waals surface area (Å²) in [6.45, 7) is 6.31. The van der Waals surface area contributed by atoms with E-state index in [0.717, 1.165) is 11.1 Å². The van der Waals surface area contributed by atoms with Crippen molar-refractivity contribution in [3.63, 3.8) is 0 Å². The fourth-order valence-electron chi connectivity index (χ4n) is 4.57. The maximum absolute atomic E-state index is 12.6. The van der Waals surface area contributed by atoms with Gasteiger partial charge in [0.1, 0.15) is 11.4 Å². The Kier molecular flexibility index (Phi) is 4.24. The average molecular weight is 397 g/mol. The van der Waals surface area contributed by atoms with Gasteiger partial charge in [-0.15, -0.1) is 0 Å². The fraction of sp³-hybridized carbons (Fsp3) is 0.364. The van der Waals surface area contributed by atoms with Gasteiger partial charge in [-0.05, 0) is 49.3 Å². The second kappa shape index (κ2) is 6.29. The zero-order valence-electron chi connectivity index (χ0n) is 16.5. The molecule has 1 aliphatic carbocycles. The Morgan fingerprint density at radius 1 is 0.964 bits per heavy atom. The highest BCUT2D eigenvalue weighted by Gasteiger charge is 2.78. The van der Waals surface area contributed by atoms with E-state index >= 15 is 0 Å². The minimum Gasteiger partial charge on any atom is -0.497 e. The van der Waals surface area contributed by atoms with Gasteiger partial charge in [-0.3, -0.25) is 4.79 Å². The van der Waals surface area contributed by atoms with Crippen LogP contribution in [0.3, 0.4) is 0 Å². The van der Waals surface area contributed by atoms with Crippen LogP contribution in [-0.4, -0.2) is 27.2 Å². The molecule has 0 N–H and O–H groups in total. The molecule has 0 bridgehead atoms. The number of hydrogen-bond donors (Lipinski definition) is 0. The number of methoxy groups -OCH3 is 1. The number of fused-ring (bicyclic) bond motifs is 1. The predicted octanol–water partition coefficient (Wildman–Crippen LogP) is 3.78. The van der Waals surface area contributed by atoms with Crippen LogP contribution < -0.4 is 4.74 Å². The van der Waals surface area contributed by atoms with Gasteiger partial charge in [-0.2, -0.15) is 0 Å². The first-order valence-corrected chi connectivity index (χ1v) is 12.8. The van der Waals surface area contributed by atoms with Gasteiger partial charge in [0.25, 0.3) is 0 Å². The highest BCUT2D eigenvalue weighted by molar-refractivity contribution is 6.69. The van der Waals surface area contributed by atoms with Crippen molar-refractivity contribution in [3.05, 3.63) is 65.7 Å². The summed E-state index contributed by atoms with van der Waals surface area (Å²) in [5.41, 5.74) is -0.368. The third-order valence-corrected chi connectivity index (χ3v) is 6.55. The highest BCUT2D eigenvalue weighted by Crippen LogP contribution is 2.67. The molecule has 1 heterocycles. The van der Waals surface area contributed by atoms with Gasteiger partial charge >= 0.3 is 5.97 Å². The lowest BCUT2D eigenvalue weighted by molar-refractivity contribution is -0.248. The van der Waals surface area contributed by atoms with Crippen LogP contribution in [0.5, 0.6) is 5.75 Å². The molecule has 1 aliphatic heterocycles. The summed E-state index contributed by atoms with van der Waals surface area (Å²) in [5, 5.41) is 0. The molecule has 0 amide bonds. The normalized spacial score (nSPS) is 29.1. The van der Waals surface area contributed by atoms with Gasteiger partial charge < -0.3 is 13.9 Å². The number of ether oxygens (including phenoxy) is 2. The van der Waals surface area contributed by atoms with Crippen LogP contribution in [0, 0.1) is 5.92 Å². The molecular formula is C22H24O5Si. The lowest BCUT2D eigenvalue weighted by atomic mass is 9.52.